The molecule has 2 aromatic rings. The number of amides is 2. The molecule has 0 bridgehead atoms. The molecule has 8 nitrogen and oxygen atoms in total. The lowest BCUT2D eigenvalue weighted by molar-refractivity contribution is -0.385. The van der Waals surface area contributed by atoms with Crippen molar-refractivity contribution in [2.45, 2.75) is 19.8 Å². The van der Waals surface area contributed by atoms with Crippen molar-refractivity contribution in [2.24, 2.45) is 0 Å². The average molecular weight is 382 g/mol. The zero-order chi connectivity index (χ0) is 20.1. The predicted molar refractivity (Wildman–Crippen MR) is 107 cm³/mol. The van der Waals surface area contributed by atoms with E-state index in [-0.39, 0.29) is 29.0 Å². The lowest BCUT2D eigenvalue weighted by Gasteiger charge is -2.30. The zero-order valence-electron chi connectivity index (χ0n) is 15.6. The Hall–Kier alpha value is -3.42. The largest absolute Gasteiger partial charge is 0.362 e. The molecule has 0 fully saturated rings. The molecule has 1 aliphatic rings. The Morgan fingerprint density at radius 3 is 2.75 bits per heavy atom. The third kappa shape index (κ3) is 4.28. The Morgan fingerprint density at radius 2 is 2.00 bits per heavy atom. The smallest absolute Gasteiger partial charge is 0.274 e. The Morgan fingerprint density at radius 1 is 1.21 bits per heavy atom. The molecule has 2 aromatic carbocycles. The van der Waals surface area contributed by atoms with Gasteiger partial charge in [-0.3, -0.25) is 19.7 Å². The molecule has 1 aliphatic heterocycles. The second-order valence-corrected chi connectivity index (χ2v) is 6.55. The maximum absolute atomic E-state index is 12.5. The zero-order valence-corrected chi connectivity index (χ0v) is 15.6. The first-order valence-corrected chi connectivity index (χ1v) is 9.19. The van der Waals surface area contributed by atoms with Gasteiger partial charge < -0.3 is 15.5 Å². The van der Waals surface area contributed by atoms with E-state index in [0.717, 1.165) is 12.1 Å². The van der Waals surface area contributed by atoms with Gasteiger partial charge in [0.1, 0.15) is 0 Å². The molecule has 0 saturated carbocycles. The van der Waals surface area contributed by atoms with Crippen molar-refractivity contribution in [2.75, 3.05) is 29.9 Å². The molecule has 8 heteroatoms. The van der Waals surface area contributed by atoms with Crippen molar-refractivity contribution in [1.29, 1.82) is 0 Å². The highest BCUT2D eigenvalue weighted by molar-refractivity contribution is 5.98. The summed E-state index contributed by atoms with van der Waals surface area (Å²) in [7, 11) is 0. The van der Waals surface area contributed by atoms with Gasteiger partial charge in [0.05, 0.1) is 17.0 Å². The van der Waals surface area contributed by atoms with Crippen LogP contribution in [-0.2, 0) is 11.2 Å². The number of nitro benzene ring substituents is 1. The minimum absolute atomic E-state index is 0.0829. The van der Waals surface area contributed by atoms with E-state index < -0.39 is 0 Å². The van der Waals surface area contributed by atoms with E-state index >= 15 is 0 Å². The van der Waals surface area contributed by atoms with Crippen LogP contribution in [0.1, 0.15) is 29.3 Å². The molecule has 2 amide bonds. The highest BCUT2D eigenvalue weighted by Crippen LogP contribution is 2.33. The van der Waals surface area contributed by atoms with Gasteiger partial charge in [0.2, 0.25) is 5.91 Å². The number of carbonyl (C=O) groups excluding carboxylic acids is 2. The summed E-state index contributed by atoms with van der Waals surface area (Å²) in [6.45, 7) is 3.10. The summed E-state index contributed by atoms with van der Waals surface area (Å²) in [4.78, 5) is 37.2. The Balaban J connectivity index is 1.72. The summed E-state index contributed by atoms with van der Waals surface area (Å²) >= 11 is 0. The van der Waals surface area contributed by atoms with E-state index in [4.69, 9.17) is 0 Å². The van der Waals surface area contributed by atoms with Gasteiger partial charge in [-0.25, -0.2) is 0 Å². The molecular formula is C20H22N4O4. The number of nitrogens with one attached hydrogen (secondary N) is 2. The Kier molecular flexibility index (Phi) is 5.88. The Labute approximate surface area is 162 Å². The van der Waals surface area contributed by atoms with Gasteiger partial charge in [-0.15, -0.1) is 0 Å². The van der Waals surface area contributed by atoms with Crippen molar-refractivity contribution in [1.82, 2.24) is 5.32 Å². The third-order valence-electron chi connectivity index (χ3n) is 4.60. The lowest BCUT2D eigenvalue weighted by atomic mass is 10.00. The summed E-state index contributed by atoms with van der Waals surface area (Å²) in [5.41, 5.74) is 2.50. The van der Waals surface area contributed by atoms with Crippen molar-refractivity contribution >= 4 is 28.9 Å². The quantitative estimate of drug-likeness (QED) is 0.590. The summed E-state index contributed by atoms with van der Waals surface area (Å²) in [5, 5.41) is 16.8. The summed E-state index contributed by atoms with van der Waals surface area (Å²) in [5.74, 6) is -0.441. The first kappa shape index (κ1) is 19.3. The van der Waals surface area contributed by atoms with E-state index in [2.05, 4.69) is 10.6 Å². The van der Waals surface area contributed by atoms with Crippen LogP contribution in [0.5, 0.6) is 0 Å². The van der Waals surface area contributed by atoms with Crippen LogP contribution in [0, 0.1) is 10.1 Å². The van der Waals surface area contributed by atoms with Crippen LogP contribution in [0.15, 0.2) is 42.5 Å². The number of hydrogen-bond donors (Lipinski definition) is 2. The highest BCUT2D eigenvalue weighted by atomic mass is 16.6. The normalized spacial score (nSPS) is 12.8. The van der Waals surface area contributed by atoms with Gasteiger partial charge in [-0.05, 0) is 44.0 Å². The van der Waals surface area contributed by atoms with E-state index in [1.807, 2.05) is 17.9 Å². The van der Waals surface area contributed by atoms with Crippen LogP contribution in [0.3, 0.4) is 0 Å². The molecule has 0 aromatic heterocycles. The third-order valence-corrected chi connectivity index (χ3v) is 4.60. The van der Waals surface area contributed by atoms with Crippen LogP contribution in [0.4, 0.5) is 17.1 Å². The maximum atomic E-state index is 12.5. The highest BCUT2D eigenvalue weighted by Gasteiger charge is 2.25. The van der Waals surface area contributed by atoms with Crippen LogP contribution in [0.25, 0.3) is 0 Å². The van der Waals surface area contributed by atoms with Crippen molar-refractivity contribution < 1.29 is 14.5 Å². The molecule has 3 rings (SSSR count). The topological polar surface area (TPSA) is 105 Å². The molecule has 0 saturated heterocycles. The lowest BCUT2D eigenvalue weighted by Crippen LogP contribution is -2.37. The molecular weight excluding hydrogens is 360 g/mol. The predicted octanol–water partition coefficient (Wildman–Crippen LogP) is 2.74. The number of nitrogens with zero attached hydrogens (tertiary/aromatic N) is 2. The minimum atomic E-state index is -0.380. The molecule has 0 atom stereocenters. The molecule has 28 heavy (non-hydrogen) atoms. The summed E-state index contributed by atoms with van der Waals surface area (Å²) in [6.07, 6.45) is 1.37. The van der Waals surface area contributed by atoms with Gasteiger partial charge in [-0.2, -0.15) is 0 Å². The van der Waals surface area contributed by atoms with Crippen LogP contribution in [0.2, 0.25) is 0 Å². The molecule has 0 spiro atoms. The first-order valence-electron chi connectivity index (χ1n) is 9.19. The van der Waals surface area contributed by atoms with Crippen molar-refractivity contribution in [3.8, 4) is 0 Å². The fraction of sp³-hybridized carbons (Fsp3) is 0.300. The standard InChI is InChI=1S/C20H22N4O4/c1-2-21-20(26)14-6-3-7-15(12-14)22-19(25)13-23-11-5-8-16-17(23)9-4-10-18(16)24(27)28/h3-4,6-7,9-10,12H,2,5,8,11,13H2,1H3,(H,21,26)(H,22,25). The number of hydrogen-bond acceptors (Lipinski definition) is 5. The molecule has 0 radical (unpaired) electrons. The minimum Gasteiger partial charge on any atom is -0.362 e. The summed E-state index contributed by atoms with van der Waals surface area (Å²) in [6, 6.07) is 11.7. The van der Waals surface area contributed by atoms with Crippen molar-refractivity contribution in [3.05, 3.63) is 63.7 Å². The number of carbonyl (C=O) groups is 2. The van der Waals surface area contributed by atoms with Gasteiger partial charge >= 0.3 is 0 Å². The van der Waals surface area contributed by atoms with E-state index in [9.17, 15) is 19.7 Å². The van der Waals surface area contributed by atoms with Gasteiger partial charge in [0.15, 0.2) is 0 Å². The number of rotatable bonds is 6. The molecule has 1 heterocycles. The van der Waals surface area contributed by atoms with Gasteiger partial charge in [0, 0.05) is 36.1 Å². The van der Waals surface area contributed by atoms with E-state index in [1.165, 1.54) is 6.07 Å². The molecule has 2 N–H and O–H groups in total. The van der Waals surface area contributed by atoms with Crippen LogP contribution in [-0.4, -0.2) is 36.4 Å². The average Bonchev–Trinajstić information content (AvgIpc) is 2.68. The Bertz CT molecular complexity index is 913. The number of nitro groups is 1. The molecule has 0 aliphatic carbocycles. The SMILES string of the molecule is CCNC(=O)c1cccc(NC(=O)CN2CCCc3c2cccc3[N+](=O)[O-])c1. The monoisotopic (exact) mass is 382 g/mol. The van der Waals surface area contributed by atoms with Crippen LogP contribution < -0.4 is 15.5 Å². The molecule has 0 unspecified atom stereocenters. The van der Waals surface area contributed by atoms with E-state index in [1.54, 1.807) is 30.3 Å². The second-order valence-electron chi connectivity index (χ2n) is 6.55. The van der Waals surface area contributed by atoms with Gasteiger partial charge in [-0.1, -0.05) is 12.1 Å². The summed E-state index contributed by atoms with van der Waals surface area (Å²) < 4.78 is 0. The molecule has 146 valence electrons. The maximum Gasteiger partial charge on any atom is 0.274 e. The number of benzene rings is 2. The number of fused-ring (bicyclic) bond motifs is 1. The fourth-order valence-corrected chi connectivity index (χ4v) is 3.39. The number of anilines is 2. The fourth-order valence-electron chi connectivity index (χ4n) is 3.39. The second kappa shape index (κ2) is 8.51. The first-order chi connectivity index (χ1) is 13.5. The van der Waals surface area contributed by atoms with Crippen LogP contribution >= 0.6 is 0 Å². The van der Waals surface area contributed by atoms with E-state index in [0.29, 0.717) is 36.3 Å². The van der Waals surface area contributed by atoms with Gasteiger partial charge in [0.25, 0.3) is 11.6 Å². The van der Waals surface area contributed by atoms with Crippen molar-refractivity contribution in [3.63, 3.8) is 0 Å².